The van der Waals surface area contributed by atoms with Crippen LogP contribution < -0.4 is 4.90 Å². The molecule has 2 aromatic rings. The number of hydrogen-bond donors (Lipinski definition) is 0. The third-order valence-corrected chi connectivity index (χ3v) is 5.09. The van der Waals surface area contributed by atoms with E-state index in [1.807, 2.05) is 19.1 Å². The predicted octanol–water partition coefficient (Wildman–Crippen LogP) is 3.96. The number of carbonyl (C=O) groups is 1. The number of pyridine rings is 1. The molecule has 124 valence electrons. The van der Waals surface area contributed by atoms with E-state index in [0.29, 0.717) is 11.7 Å². The van der Waals surface area contributed by atoms with Crippen LogP contribution >= 0.6 is 23.7 Å². The van der Waals surface area contributed by atoms with E-state index >= 15 is 0 Å². The Hall–Kier alpha value is -1.53. The van der Waals surface area contributed by atoms with Gasteiger partial charge < -0.3 is 0 Å². The lowest BCUT2D eigenvalue weighted by Crippen LogP contribution is -2.36. The highest BCUT2D eigenvalue weighted by molar-refractivity contribution is 7.18. The van der Waals surface area contributed by atoms with Gasteiger partial charge in [0, 0.05) is 30.4 Å². The number of rotatable bonds is 4. The Balaban J connectivity index is 0.00000192. The van der Waals surface area contributed by atoms with Gasteiger partial charge in [-0.25, -0.2) is 0 Å². The molecular weight excluding hydrogens is 332 g/mol. The molecule has 2 heterocycles. The summed E-state index contributed by atoms with van der Waals surface area (Å²) in [7, 11) is 0. The van der Waals surface area contributed by atoms with Crippen LogP contribution in [-0.2, 0) is 4.79 Å². The molecule has 1 aliphatic rings. The van der Waals surface area contributed by atoms with Crippen molar-refractivity contribution in [1.29, 1.82) is 0 Å². The van der Waals surface area contributed by atoms with Crippen LogP contribution in [0.25, 0.3) is 10.6 Å². The highest BCUT2D eigenvalue weighted by Crippen LogP contribution is 2.31. The molecule has 1 aliphatic carbocycles. The minimum atomic E-state index is 0. The largest absolute Gasteiger partial charge is 0.287 e. The molecule has 0 unspecified atom stereocenters. The average molecular weight is 353 g/mol. The van der Waals surface area contributed by atoms with E-state index in [1.54, 1.807) is 17.3 Å². The van der Waals surface area contributed by atoms with E-state index in [2.05, 4.69) is 15.2 Å². The Morgan fingerprint density at radius 1 is 1.30 bits per heavy atom. The van der Waals surface area contributed by atoms with Gasteiger partial charge in [0.15, 0.2) is 5.01 Å². The Bertz CT molecular complexity index is 628. The van der Waals surface area contributed by atoms with Crippen LogP contribution in [-0.4, -0.2) is 27.6 Å². The van der Waals surface area contributed by atoms with Crippen LogP contribution in [0.1, 0.15) is 39.0 Å². The van der Waals surface area contributed by atoms with Crippen molar-refractivity contribution >= 4 is 34.8 Å². The number of aromatic nitrogens is 3. The Kier molecular flexibility index (Phi) is 6.47. The lowest BCUT2D eigenvalue weighted by molar-refractivity contribution is -0.123. The molecule has 1 amide bonds. The van der Waals surface area contributed by atoms with Gasteiger partial charge in [-0.2, -0.15) is 0 Å². The molecule has 3 rings (SSSR count). The van der Waals surface area contributed by atoms with Gasteiger partial charge in [-0.05, 0) is 31.9 Å². The molecule has 1 saturated carbocycles. The summed E-state index contributed by atoms with van der Waals surface area (Å²) in [5, 5.41) is 9.94. The summed E-state index contributed by atoms with van der Waals surface area (Å²) in [6.07, 6.45) is 9.07. The number of carbonyl (C=O) groups excluding carboxylic acids is 1. The van der Waals surface area contributed by atoms with Gasteiger partial charge in [0.05, 0.1) is 0 Å². The molecular formula is C16H21ClN4OS. The fourth-order valence-corrected chi connectivity index (χ4v) is 3.79. The maximum absolute atomic E-state index is 12.7. The molecule has 1 fully saturated rings. The van der Waals surface area contributed by atoms with E-state index in [9.17, 15) is 4.79 Å². The van der Waals surface area contributed by atoms with Crippen LogP contribution in [0.2, 0.25) is 0 Å². The van der Waals surface area contributed by atoms with Gasteiger partial charge >= 0.3 is 0 Å². The summed E-state index contributed by atoms with van der Waals surface area (Å²) < 4.78 is 0. The first-order valence-corrected chi connectivity index (χ1v) is 8.66. The molecule has 0 radical (unpaired) electrons. The van der Waals surface area contributed by atoms with Crippen molar-refractivity contribution in [3.8, 4) is 10.6 Å². The normalized spacial score (nSPS) is 15.0. The van der Waals surface area contributed by atoms with Crippen molar-refractivity contribution in [3.63, 3.8) is 0 Å². The van der Waals surface area contributed by atoms with Gasteiger partial charge in [-0.15, -0.1) is 22.6 Å². The molecule has 0 saturated heterocycles. The molecule has 0 bridgehead atoms. The van der Waals surface area contributed by atoms with Crippen LogP contribution in [0.15, 0.2) is 24.5 Å². The predicted molar refractivity (Wildman–Crippen MR) is 95.0 cm³/mol. The smallest absolute Gasteiger partial charge is 0.231 e. The number of hydrogen-bond acceptors (Lipinski definition) is 5. The summed E-state index contributed by atoms with van der Waals surface area (Å²) in [5.74, 6) is 0.357. The maximum atomic E-state index is 12.7. The Labute approximate surface area is 146 Å². The summed E-state index contributed by atoms with van der Waals surface area (Å²) in [6.45, 7) is 2.63. The van der Waals surface area contributed by atoms with Crippen LogP contribution in [0.3, 0.4) is 0 Å². The van der Waals surface area contributed by atoms with Gasteiger partial charge in [-0.1, -0.05) is 30.6 Å². The average Bonchev–Trinajstić information content (AvgIpc) is 3.07. The minimum Gasteiger partial charge on any atom is -0.287 e. The van der Waals surface area contributed by atoms with Crippen molar-refractivity contribution in [3.05, 3.63) is 24.5 Å². The SMILES string of the molecule is CCN(C(=O)C1CCCCC1)c1nnc(-c2cccnc2)s1.Cl. The van der Waals surface area contributed by atoms with Gasteiger partial charge in [-0.3, -0.25) is 14.7 Å². The molecule has 0 aliphatic heterocycles. The van der Waals surface area contributed by atoms with Crippen LogP contribution in [0.5, 0.6) is 0 Å². The Morgan fingerprint density at radius 2 is 2.09 bits per heavy atom. The van der Waals surface area contributed by atoms with Crippen LogP contribution in [0, 0.1) is 5.92 Å². The van der Waals surface area contributed by atoms with E-state index in [4.69, 9.17) is 0 Å². The lowest BCUT2D eigenvalue weighted by Gasteiger charge is -2.26. The van der Waals surface area contributed by atoms with E-state index in [0.717, 1.165) is 36.3 Å². The standard InChI is InChI=1S/C16H20N4OS.ClH/c1-2-20(15(21)12-7-4-3-5-8-12)16-19-18-14(22-16)13-9-6-10-17-11-13;/h6,9-12H,2-5,7-8H2,1H3;1H. The topological polar surface area (TPSA) is 59.0 Å². The summed E-state index contributed by atoms with van der Waals surface area (Å²) in [4.78, 5) is 18.6. The summed E-state index contributed by atoms with van der Waals surface area (Å²) in [5.41, 5.74) is 0.937. The molecule has 0 N–H and O–H groups in total. The molecule has 2 aromatic heterocycles. The minimum absolute atomic E-state index is 0. The number of anilines is 1. The fourth-order valence-electron chi connectivity index (χ4n) is 2.89. The molecule has 7 heteroatoms. The molecule has 0 spiro atoms. The maximum Gasteiger partial charge on any atom is 0.231 e. The monoisotopic (exact) mass is 352 g/mol. The highest BCUT2D eigenvalue weighted by Gasteiger charge is 2.28. The number of nitrogens with zero attached hydrogens (tertiary/aromatic N) is 4. The van der Waals surface area contributed by atoms with Crippen molar-refractivity contribution < 1.29 is 4.79 Å². The second-order valence-corrected chi connectivity index (χ2v) is 6.50. The van der Waals surface area contributed by atoms with Crippen molar-refractivity contribution in [2.75, 3.05) is 11.4 Å². The summed E-state index contributed by atoms with van der Waals surface area (Å²) in [6, 6.07) is 3.83. The van der Waals surface area contributed by atoms with Crippen molar-refractivity contribution in [2.45, 2.75) is 39.0 Å². The third-order valence-electron chi connectivity index (χ3n) is 4.09. The zero-order valence-corrected chi connectivity index (χ0v) is 14.8. The fraction of sp³-hybridized carbons (Fsp3) is 0.500. The first-order chi connectivity index (χ1) is 10.8. The van der Waals surface area contributed by atoms with E-state index < -0.39 is 0 Å². The quantitative estimate of drug-likeness (QED) is 0.835. The first-order valence-electron chi connectivity index (χ1n) is 7.85. The second-order valence-electron chi connectivity index (χ2n) is 5.55. The van der Waals surface area contributed by atoms with Crippen molar-refractivity contribution in [1.82, 2.24) is 15.2 Å². The van der Waals surface area contributed by atoms with Crippen molar-refractivity contribution in [2.24, 2.45) is 5.92 Å². The molecule has 0 atom stereocenters. The first kappa shape index (κ1) is 17.8. The lowest BCUT2D eigenvalue weighted by atomic mass is 9.88. The molecule has 5 nitrogen and oxygen atoms in total. The van der Waals surface area contributed by atoms with Gasteiger partial charge in [0.2, 0.25) is 11.0 Å². The van der Waals surface area contributed by atoms with Gasteiger partial charge in [0.25, 0.3) is 0 Å². The highest BCUT2D eigenvalue weighted by atomic mass is 35.5. The van der Waals surface area contributed by atoms with E-state index in [1.165, 1.54) is 17.8 Å². The zero-order valence-electron chi connectivity index (χ0n) is 13.1. The van der Waals surface area contributed by atoms with E-state index in [-0.39, 0.29) is 24.2 Å². The molecule has 0 aromatic carbocycles. The third kappa shape index (κ3) is 4.06. The number of halogens is 1. The Morgan fingerprint density at radius 3 is 2.74 bits per heavy atom. The summed E-state index contributed by atoms with van der Waals surface area (Å²) >= 11 is 1.45. The molecule has 23 heavy (non-hydrogen) atoms. The van der Waals surface area contributed by atoms with Crippen LogP contribution in [0.4, 0.5) is 5.13 Å². The zero-order chi connectivity index (χ0) is 15.4. The second kappa shape index (κ2) is 8.36. The number of amides is 1. The van der Waals surface area contributed by atoms with Gasteiger partial charge in [0.1, 0.15) is 0 Å².